The summed E-state index contributed by atoms with van der Waals surface area (Å²) < 4.78 is 0.833. The Bertz CT molecular complexity index is 218. The standard InChI is InChI=1S/C8H14N2OS2/c1-9(2)8(12)13-6-10-5-3-4-7(10)11/h3-6H2,1-2H3. The SMILES string of the molecule is CN(C)C(=S)SCN1CCCC1=O. The van der Waals surface area contributed by atoms with Crippen LogP contribution in [0, 0.1) is 0 Å². The van der Waals surface area contributed by atoms with E-state index in [1.54, 1.807) is 11.8 Å². The van der Waals surface area contributed by atoms with Gasteiger partial charge in [-0.2, -0.15) is 0 Å². The fourth-order valence-electron chi connectivity index (χ4n) is 1.10. The molecule has 0 aromatic heterocycles. The van der Waals surface area contributed by atoms with Crippen LogP contribution in [0.2, 0.25) is 0 Å². The van der Waals surface area contributed by atoms with Crippen LogP contribution < -0.4 is 0 Å². The molecule has 1 aliphatic heterocycles. The van der Waals surface area contributed by atoms with Crippen LogP contribution in [0.15, 0.2) is 0 Å². The lowest BCUT2D eigenvalue weighted by Gasteiger charge is -2.18. The second-order valence-corrected chi connectivity index (χ2v) is 4.77. The van der Waals surface area contributed by atoms with Gasteiger partial charge in [0.15, 0.2) is 0 Å². The third kappa shape index (κ3) is 3.15. The van der Waals surface area contributed by atoms with Gasteiger partial charge >= 0.3 is 0 Å². The molecule has 3 nitrogen and oxygen atoms in total. The van der Waals surface area contributed by atoms with Crippen LogP contribution in [-0.4, -0.2) is 46.5 Å². The molecule has 0 aromatic rings. The van der Waals surface area contributed by atoms with Gasteiger partial charge in [-0.05, 0) is 6.42 Å². The number of nitrogens with zero attached hydrogens (tertiary/aromatic N) is 2. The molecule has 74 valence electrons. The summed E-state index contributed by atoms with van der Waals surface area (Å²) in [5, 5.41) is 0. The summed E-state index contributed by atoms with van der Waals surface area (Å²) in [5.41, 5.74) is 0. The minimum Gasteiger partial charge on any atom is -0.364 e. The third-order valence-electron chi connectivity index (χ3n) is 1.88. The summed E-state index contributed by atoms with van der Waals surface area (Å²) in [6.07, 6.45) is 1.70. The minimum absolute atomic E-state index is 0.258. The highest BCUT2D eigenvalue weighted by Gasteiger charge is 2.20. The van der Waals surface area contributed by atoms with Crippen LogP contribution in [0.5, 0.6) is 0 Å². The van der Waals surface area contributed by atoms with Gasteiger partial charge < -0.3 is 9.80 Å². The summed E-state index contributed by atoms with van der Waals surface area (Å²) in [6, 6.07) is 0. The van der Waals surface area contributed by atoms with Crippen molar-refractivity contribution in [2.24, 2.45) is 0 Å². The van der Waals surface area contributed by atoms with E-state index in [2.05, 4.69) is 0 Å². The van der Waals surface area contributed by atoms with Crippen molar-refractivity contribution < 1.29 is 4.79 Å². The van der Waals surface area contributed by atoms with Gasteiger partial charge in [-0.15, -0.1) is 0 Å². The molecule has 0 aliphatic carbocycles. The Hall–Kier alpha value is -0.290. The lowest BCUT2D eigenvalue weighted by Crippen LogP contribution is -2.26. The molecule has 0 unspecified atom stereocenters. The molecule has 1 saturated heterocycles. The average molecular weight is 218 g/mol. The van der Waals surface area contributed by atoms with E-state index in [-0.39, 0.29) is 5.91 Å². The molecule has 0 saturated carbocycles. The molecule has 0 atom stereocenters. The minimum atomic E-state index is 0.258. The molecule has 0 aromatic carbocycles. The first-order valence-electron chi connectivity index (χ1n) is 4.23. The smallest absolute Gasteiger partial charge is 0.223 e. The highest BCUT2D eigenvalue weighted by Crippen LogP contribution is 2.15. The fourth-order valence-corrected chi connectivity index (χ4v) is 2.06. The summed E-state index contributed by atoms with van der Waals surface area (Å²) in [4.78, 5) is 15.0. The first-order valence-corrected chi connectivity index (χ1v) is 5.62. The van der Waals surface area contributed by atoms with E-state index in [9.17, 15) is 4.79 Å². The summed E-state index contributed by atoms with van der Waals surface area (Å²) in [5.74, 6) is 0.963. The lowest BCUT2D eigenvalue weighted by atomic mass is 10.4. The maximum Gasteiger partial charge on any atom is 0.223 e. The molecule has 13 heavy (non-hydrogen) atoms. The van der Waals surface area contributed by atoms with E-state index >= 15 is 0 Å². The molecule has 0 radical (unpaired) electrons. The number of rotatable bonds is 2. The monoisotopic (exact) mass is 218 g/mol. The molecule has 5 heteroatoms. The quantitative estimate of drug-likeness (QED) is 0.649. The highest BCUT2D eigenvalue weighted by atomic mass is 32.2. The van der Waals surface area contributed by atoms with E-state index < -0.39 is 0 Å². The Morgan fingerprint density at radius 3 is 2.85 bits per heavy atom. The van der Waals surface area contributed by atoms with Crippen LogP contribution in [0.25, 0.3) is 0 Å². The molecule has 0 spiro atoms. The average Bonchev–Trinajstić information content (AvgIpc) is 2.47. The lowest BCUT2D eigenvalue weighted by molar-refractivity contribution is -0.126. The number of thioether (sulfide) groups is 1. The van der Waals surface area contributed by atoms with Crippen LogP contribution in [0.4, 0.5) is 0 Å². The van der Waals surface area contributed by atoms with Crippen molar-refractivity contribution in [2.45, 2.75) is 12.8 Å². The topological polar surface area (TPSA) is 23.6 Å². The van der Waals surface area contributed by atoms with Gasteiger partial charge in [-0.25, -0.2) is 0 Å². The molecule has 1 fully saturated rings. The second-order valence-electron chi connectivity index (χ2n) is 3.19. The van der Waals surface area contributed by atoms with Crippen molar-refractivity contribution in [1.29, 1.82) is 0 Å². The van der Waals surface area contributed by atoms with E-state index in [4.69, 9.17) is 12.2 Å². The Labute approximate surface area is 88.5 Å². The van der Waals surface area contributed by atoms with Gasteiger partial charge in [0.2, 0.25) is 5.91 Å². The molecule has 0 N–H and O–H groups in total. The number of carbonyl (C=O) groups excluding carboxylic acids is 1. The normalized spacial score (nSPS) is 16.5. The first kappa shape index (κ1) is 10.8. The van der Waals surface area contributed by atoms with Gasteiger partial charge in [0.05, 0.1) is 5.88 Å². The number of carbonyl (C=O) groups is 1. The van der Waals surface area contributed by atoms with E-state index in [0.29, 0.717) is 12.3 Å². The van der Waals surface area contributed by atoms with E-state index in [1.807, 2.05) is 23.9 Å². The van der Waals surface area contributed by atoms with Crippen molar-refractivity contribution in [3.63, 3.8) is 0 Å². The number of thiocarbonyl (C=S) groups is 1. The molecule has 1 heterocycles. The van der Waals surface area contributed by atoms with Gasteiger partial charge in [0.25, 0.3) is 0 Å². The van der Waals surface area contributed by atoms with Crippen molar-refractivity contribution in [1.82, 2.24) is 9.80 Å². The van der Waals surface area contributed by atoms with Gasteiger partial charge in [-0.1, -0.05) is 24.0 Å². The number of hydrogen-bond acceptors (Lipinski definition) is 3. The number of amides is 1. The summed E-state index contributed by atoms with van der Waals surface area (Å²) in [7, 11) is 3.84. The maximum atomic E-state index is 11.2. The highest BCUT2D eigenvalue weighted by molar-refractivity contribution is 8.22. The first-order chi connectivity index (χ1) is 6.11. The largest absolute Gasteiger partial charge is 0.364 e. The Balaban J connectivity index is 2.26. The van der Waals surface area contributed by atoms with Crippen LogP contribution in [0.1, 0.15) is 12.8 Å². The molecule has 1 rings (SSSR count). The third-order valence-corrected chi connectivity index (χ3v) is 3.65. The van der Waals surface area contributed by atoms with E-state index in [0.717, 1.165) is 17.3 Å². The predicted octanol–water partition coefficient (Wildman–Crippen LogP) is 1.15. The van der Waals surface area contributed by atoms with Crippen molar-refractivity contribution in [2.75, 3.05) is 26.5 Å². The zero-order valence-corrected chi connectivity index (χ0v) is 9.58. The van der Waals surface area contributed by atoms with Gasteiger partial charge in [-0.3, -0.25) is 4.79 Å². The van der Waals surface area contributed by atoms with Crippen molar-refractivity contribution >= 4 is 34.2 Å². The molecule has 0 bridgehead atoms. The molecular weight excluding hydrogens is 204 g/mol. The summed E-state index contributed by atoms with van der Waals surface area (Å²) >= 11 is 6.65. The zero-order chi connectivity index (χ0) is 9.84. The zero-order valence-electron chi connectivity index (χ0n) is 7.95. The number of likely N-dealkylation sites (tertiary alicyclic amines) is 1. The van der Waals surface area contributed by atoms with E-state index in [1.165, 1.54) is 0 Å². The maximum absolute atomic E-state index is 11.2. The molecular formula is C8H14N2OS2. The predicted molar refractivity (Wildman–Crippen MR) is 59.7 cm³/mol. The van der Waals surface area contributed by atoms with Crippen molar-refractivity contribution in [3.8, 4) is 0 Å². The molecule has 1 amide bonds. The Morgan fingerprint density at radius 2 is 2.38 bits per heavy atom. The Kier molecular flexibility index (Phi) is 3.99. The van der Waals surface area contributed by atoms with Crippen LogP contribution in [-0.2, 0) is 4.79 Å². The fraction of sp³-hybridized carbons (Fsp3) is 0.750. The second kappa shape index (κ2) is 4.81. The van der Waals surface area contributed by atoms with Gasteiger partial charge in [0.1, 0.15) is 4.32 Å². The Morgan fingerprint density at radius 1 is 1.69 bits per heavy atom. The summed E-state index contributed by atoms with van der Waals surface area (Å²) in [6.45, 7) is 0.891. The van der Waals surface area contributed by atoms with Crippen LogP contribution in [0.3, 0.4) is 0 Å². The van der Waals surface area contributed by atoms with Crippen molar-refractivity contribution in [3.05, 3.63) is 0 Å². The van der Waals surface area contributed by atoms with Crippen LogP contribution >= 0.6 is 24.0 Å². The molecule has 1 aliphatic rings. The number of hydrogen-bond donors (Lipinski definition) is 0. The van der Waals surface area contributed by atoms with Gasteiger partial charge in [0, 0.05) is 27.1 Å².